The number of aromatic nitrogens is 1. The van der Waals surface area contributed by atoms with Crippen LogP contribution < -0.4 is 9.57 Å². The highest BCUT2D eigenvalue weighted by molar-refractivity contribution is 5.74. The zero-order valence-electron chi connectivity index (χ0n) is 8.15. The Labute approximate surface area is 77.9 Å². The molecule has 0 aromatic carbocycles. The van der Waals surface area contributed by atoms with Crippen LogP contribution in [0.5, 0.6) is 0 Å². The van der Waals surface area contributed by atoms with Gasteiger partial charge in [-0.1, -0.05) is 6.07 Å². The highest BCUT2D eigenvalue weighted by Gasteiger charge is 2.27. The lowest BCUT2D eigenvalue weighted by Gasteiger charge is -2.11. The third kappa shape index (κ3) is 2.86. The molecule has 0 bridgehead atoms. The average molecular weight is 180 g/mol. The first-order valence-electron chi connectivity index (χ1n) is 4.19. The highest BCUT2D eigenvalue weighted by Crippen LogP contribution is 2.12. The Morgan fingerprint density at radius 3 is 2.15 bits per heavy atom. The van der Waals surface area contributed by atoms with Gasteiger partial charge in [-0.3, -0.25) is 0 Å². The van der Waals surface area contributed by atoms with E-state index in [1.165, 1.54) is 4.73 Å². The summed E-state index contributed by atoms with van der Waals surface area (Å²) in [6, 6.07) is 5.47. The monoisotopic (exact) mass is 180 g/mol. The van der Waals surface area contributed by atoms with Crippen LogP contribution in [-0.4, -0.2) is 5.97 Å². The number of pyridine rings is 1. The largest absolute Gasteiger partial charge is 0.385 e. The lowest BCUT2D eigenvalue weighted by Crippen LogP contribution is -2.48. The summed E-state index contributed by atoms with van der Waals surface area (Å²) in [5, 5.41) is 0. The second-order valence-corrected chi connectivity index (χ2v) is 3.86. The summed E-state index contributed by atoms with van der Waals surface area (Å²) in [6.45, 7) is 5.45. The van der Waals surface area contributed by atoms with Gasteiger partial charge in [0, 0.05) is 16.9 Å². The topological polar surface area (TPSA) is 30.2 Å². The van der Waals surface area contributed by atoms with E-state index in [4.69, 9.17) is 4.84 Å². The van der Waals surface area contributed by atoms with Crippen LogP contribution in [-0.2, 0) is 4.79 Å². The Bertz CT molecular complexity index is 288. The van der Waals surface area contributed by atoms with E-state index in [0.29, 0.717) is 0 Å². The molecule has 0 aliphatic rings. The van der Waals surface area contributed by atoms with Crippen molar-refractivity contribution in [2.45, 2.75) is 20.8 Å². The van der Waals surface area contributed by atoms with Crippen LogP contribution in [0, 0.1) is 5.41 Å². The van der Waals surface area contributed by atoms with E-state index in [-0.39, 0.29) is 5.97 Å². The zero-order valence-corrected chi connectivity index (χ0v) is 8.15. The summed E-state index contributed by atoms with van der Waals surface area (Å²) in [6.07, 6.45) is 3.37. The molecule has 0 fully saturated rings. The second kappa shape index (κ2) is 3.56. The van der Waals surface area contributed by atoms with Crippen molar-refractivity contribution >= 4 is 5.97 Å². The van der Waals surface area contributed by atoms with Crippen molar-refractivity contribution in [3.05, 3.63) is 30.6 Å². The molecule has 0 atom stereocenters. The highest BCUT2D eigenvalue weighted by atomic mass is 16.7. The van der Waals surface area contributed by atoms with Crippen molar-refractivity contribution < 1.29 is 14.4 Å². The summed E-state index contributed by atoms with van der Waals surface area (Å²) in [5.74, 6) is -0.247. The molecule has 0 aliphatic heterocycles. The molecule has 0 N–H and O–H groups in total. The normalized spacial score (nSPS) is 11.0. The quantitative estimate of drug-likeness (QED) is 0.603. The molecule has 3 nitrogen and oxygen atoms in total. The molecule has 13 heavy (non-hydrogen) atoms. The van der Waals surface area contributed by atoms with E-state index in [0.717, 1.165) is 0 Å². The number of nitrogens with zero attached hydrogens (tertiary/aromatic N) is 1. The summed E-state index contributed by atoms with van der Waals surface area (Å²) < 4.78 is 1.40. The fourth-order valence-corrected chi connectivity index (χ4v) is 0.676. The van der Waals surface area contributed by atoms with E-state index in [1.54, 1.807) is 24.5 Å². The van der Waals surface area contributed by atoms with Crippen LogP contribution in [0.2, 0.25) is 0 Å². The SMILES string of the molecule is CC(C)(C)C(=O)O[n+]1ccccc1. The van der Waals surface area contributed by atoms with Crippen LogP contribution in [0.25, 0.3) is 0 Å². The Kier molecular flexibility index (Phi) is 2.66. The minimum Gasteiger partial charge on any atom is -0.244 e. The third-order valence-electron chi connectivity index (χ3n) is 1.49. The first-order chi connectivity index (χ1) is 6.00. The van der Waals surface area contributed by atoms with Gasteiger partial charge in [-0.15, -0.1) is 0 Å². The van der Waals surface area contributed by atoms with Gasteiger partial charge in [0.05, 0.1) is 5.41 Å². The second-order valence-electron chi connectivity index (χ2n) is 3.86. The maximum absolute atomic E-state index is 11.4. The Morgan fingerprint density at radius 1 is 1.15 bits per heavy atom. The maximum Gasteiger partial charge on any atom is 0.385 e. The number of hydrogen-bond donors (Lipinski definition) is 0. The van der Waals surface area contributed by atoms with E-state index in [9.17, 15) is 4.79 Å². The predicted molar refractivity (Wildman–Crippen MR) is 47.7 cm³/mol. The molecule has 1 rings (SSSR count). The van der Waals surface area contributed by atoms with Crippen molar-refractivity contribution in [2.24, 2.45) is 5.41 Å². The maximum atomic E-state index is 11.4. The van der Waals surface area contributed by atoms with Gasteiger partial charge in [-0.25, -0.2) is 4.79 Å². The van der Waals surface area contributed by atoms with Crippen molar-refractivity contribution in [1.29, 1.82) is 0 Å². The van der Waals surface area contributed by atoms with Gasteiger partial charge in [0.2, 0.25) is 12.4 Å². The van der Waals surface area contributed by atoms with Crippen molar-refractivity contribution in [3.8, 4) is 0 Å². The van der Waals surface area contributed by atoms with Crippen molar-refractivity contribution in [1.82, 2.24) is 0 Å². The Hall–Kier alpha value is -1.38. The number of carbonyl (C=O) groups excluding carboxylic acids is 1. The van der Waals surface area contributed by atoms with Crippen molar-refractivity contribution in [3.63, 3.8) is 0 Å². The Balaban J connectivity index is 2.66. The molecule has 1 aromatic rings. The number of rotatable bonds is 1. The molecule has 0 spiro atoms. The van der Waals surface area contributed by atoms with Crippen LogP contribution in [0.4, 0.5) is 0 Å². The van der Waals surface area contributed by atoms with E-state index in [1.807, 2.05) is 26.8 Å². The standard InChI is InChI=1S/C10H14NO2/c1-10(2,3)9(12)13-11-7-5-4-6-8-11/h4-8H,1-3H3/q+1. The number of hydrogen-bond acceptors (Lipinski definition) is 2. The third-order valence-corrected chi connectivity index (χ3v) is 1.49. The first kappa shape index (κ1) is 9.71. The molecule has 0 saturated carbocycles. The summed E-state index contributed by atoms with van der Waals surface area (Å²) in [5.41, 5.74) is -0.469. The van der Waals surface area contributed by atoms with Crippen LogP contribution >= 0.6 is 0 Å². The minimum atomic E-state index is -0.469. The van der Waals surface area contributed by atoms with E-state index in [2.05, 4.69) is 0 Å². The van der Waals surface area contributed by atoms with Gasteiger partial charge in [0.25, 0.3) is 0 Å². The molecule has 0 radical (unpaired) electrons. The number of carbonyl (C=O) groups is 1. The van der Waals surface area contributed by atoms with Crippen molar-refractivity contribution in [2.75, 3.05) is 0 Å². The smallest absolute Gasteiger partial charge is 0.244 e. The van der Waals surface area contributed by atoms with Crippen LogP contribution in [0.1, 0.15) is 20.8 Å². The lowest BCUT2D eigenvalue weighted by atomic mass is 9.98. The average Bonchev–Trinajstić information content (AvgIpc) is 2.04. The van der Waals surface area contributed by atoms with Gasteiger partial charge < -0.3 is 0 Å². The Morgan fingerprint density at radius 2 is 1.69 bits per heavy atom. The fourth-order valence-electron chi connectivity index (χ4n) is 0.676. The zero-order chi connectivity index (χ0) is 9.90. The summed E-state index contributed by atoms with van der Waals surface area (Å²) >= 11 is 0. The molecule has 3 heteroatoms. The van der Waals surface area contributed by atoms with Crippen LogP contribution in [0.15, 0.2) is 30.6 Å². The molecular weight excluding hydrogens is 166 g/mol. The van der Waals surface area contributed by atoms with Gasteiger partial charge in [0.1, 0.15) is 0 Å². The summed E-state index contributed by atoms with van der Waals surface area (Å²) in [7, 11) is 0. The van der Waals surface area contributed by atoms with Crippen LogP contribution in [0.3, 0.4) is 0 Å². The van der Waals surface area contributed by atoms with Gasteiger partial charge in [-0.05, 0) is 20.8 Å². The summed E-state index contributed by atoms with van der Waals surface area (Å²) in [4.78, 5) is 16.4. The molecule has 1 heterocycles. The van der Waals surface area contributed by atoms with Gasteiger partial charge >= 0.3 is 5.97 Å². The fraction of sp³-hybridized carbons (Fsp3) is 0.400. The molecule has 0 amide bonds. The minimum absolute atomic E-state index is 0.247. The predicted octanol–water partition coefficient (Wildman–Crippen LogP) is 0.975. The molecule has 0 unspecified atom stereocenters. The first-order valence-corrected chi connectivity index (χ1v) is 4.19. The van der Waals surface area contributed by atoms with E-state index < -0.39 is 5.41 Å². The van der Waals surface area contributed by atoms with E-state index >= 15 is 0 Å². The van der Waals surface area contributed by atoms with Gasteiger partial charge in [-0.2, -0.15) is 4.84 Å². The molecule has 1 aromatic heterocycles. The molecular formula is C10H14NO2+. The molecule has 0 saturated heterocycles. The molecule has 0 aliphatic carbocycles. The van der Waals surface area contributed by atoms with Gasteiger partial charge in [0.15, 0.2) is 0 Å². The lowest BCUT2D eigenvalue weighted by molar-refractivity contribution is -0.870. The molecule has 70 valence electrons.